The van der Waals surface area contributed by atoms with E-state index in [1.165, 1.54) is 30.0 Å². The van der Waals surface area contributed by atoms with Gasteiger partial charge in [0.1, 0.15) is 0 Å². The van der Waals surface area contributed by atoms with Crippen LogP contribution in [0.15, 0.2) is 47.4 Å². The number of nitro groups is 1. The third kappa shape index (κ3) is 4.22. The molecule has 0 radical (unpaired) electrons. The summed E-state index contributed by atoms with van der Waals surface area (Å²) in [6.45, 7) is 1.71. The van der Waals surface area contributed by atoms with E-state index in [4.69, 9.17) is 11.6 Å². The molecule has 1 amide bonds. The first kappa shape index (κ1) is 16.3. The van der Waals surface area contributed by atoms with Gasteiger partial charge in [0.15, 0.2) is 0 Å². The number of halogens is 1. The standard InChI is InChI=1S/C15H13ClN2O3S/c1-10-8-11(18(20)21)6-7-13(10)17-15(19)9-22-14-5-3-2-4-12(14)16/h2-8H,9H2,1H3,(H,17,19). The molecule has 1 N–H and O–H groups in total. The Hall–Kier alpha value is -2.05. The van der Waals surface area contributed by atoms with Crippen LogP contribution < -0.4 is 5.32 Å². The SMILES string of the molecule is Cc1cc([N+](=O)[O-])ccc1NC(=O)CSc1ccccc1Cl. The second-order valence-electron chi connectivity index (χ2n) is 4.52. The van der Waals surface area contributed by atoms with E-state index >= 15 is 0 Å². The van der Waals surface area contributed by atoms with E-state index in [0.29, 0.717) is 16.3 Å². The fourth-order valence-electron chi connectivity index (χ4n) is 1.79. The maximum Gasteiger partial charge on any atom is 0.269 e. The molecule has 0 aliphatic heterocycles. The third-order valence-corrected chi connectivity index (χ3v) is 4.41. The first-order valence-electron chi connectivity index (χ1n) is 6.39. The molecule has 0 saturated carbocycles. The second-order valence-corrected chi connectivity index (χ2v) is 5.95. The topological polar surface area (TPSA) is 72.2 Å². The normalized spacial score (nSPS) is 10.3. The van der Waals surface area contributed by atoms with Crippen molar-refractivity contribution in [2.75, 3.05) is 11.1 Å². The fourth-order valence-corrected chi connectivity index (χ4v) is 2.83. The summed E-state index contributed by atoms with van der Waals surface area (Å²) >= 11 is 7.36. The fraction of sp³-hybridized carbons (Fsp3) is 0.133. The highest BCUT2D eigenvalue weighted by molar-refractivity contribution is 8.00. The lowest BCUT2D eigenvalue weighted by atomic mass is 10.2. The van der Waals surface area contributed by atoms with Gasteiger partial charge in [0.2, 0.25) is 5.91 Å². The molecule has 0 aliphatic rings. The summed E-state index contributed by atoms with van der Waals surface area (Å²) < 4.78 is 0. The molecule has 22 heavy (non-hydrogen) atoms. The van der Waals surface area contributed by atoms with E-state index in [-0.39, 0.29) is 17.3 Å². The first-order valence-corrected chi connectivity index (χ1v) is 7.76. The van der Waals surface area contributed by atoms with Crippen molar-refractivity contribution in [3.8, 4) is 0 Å². The first-order chi connectivity index (χ1) is 10.5. The quantitative estimate of drug-likeness (QED) is 0.502. The molecule has 0 bridgehead atoms. The van der Waals surface area contributed by atoms with Gasteiger partial charge in [-0.25, -0.2) is 0 Å². The number of amides is 1. The van der Waals surface area contributed by atoms with Gasteiger partial charge in [0, 0.05) is 22.7 Å². The number of benzene rings is 2. The van der Waals surface area contributed by atoms with Gasteiger partial charge >= 0.3 is 0 Å². The highest BCUT2D eigenvalue weighted by Crippen LogP contribution is 2.27. The lowest BCUT2D eigenvalue weighted by molar-refractivity contribution is -0.384. The number of non-ortho nitro benzene ring substituents is 1. The number of hydrogen-bond donors (Lipinski definition) is 1. The van der Waals surface area contributed by atoms with E-state index in [1.807, 2.05) is 18.2 Å². The minimum Gasteiger partial charge on any atom is -0.325 e. The number of carbonyl (C=O) groups excluding carboxylic acids is 1. The van der Waals surface area contributed by atoms with Gasteiger partial charge < -0.3 is 5.32 Å². The van der Waals surface area contributed by atoms with Crippen LogP contribution in [0, 0.1) is 17.0 Å². The Balaban J connectivity index is 1.98. The summed E-state index contributed by atoms with van der Waals surface area (Å²) in [5.74, 6) is 0.0158. The Morgan fingerprint density at radius 3 is 2.68 bits per heavy atom. The zero-order chi connectivity index (χ0) is 16.1. The van der Waals surface area contributed by atoms with Crippen LogP contribution in [0.3, 0.4) is 0 Å². The molecule has 5 nitrogen and oxygen atoms in total. The summed E-state index contributed by atoms with van der Waals surface area (Å²) in [5, 5.41) is 14.0. The van der Waals surface area contributed by atoms with Gasteiger partial charge in [-0.05, 0) is 30.7 Å². The largest absolute Gasteiger partial charge is 0.325 e. The molecule has 2 aromatic rings. The molecule has 0 atom stereocenters. The van der Waals surface area contributed by atoms with Crippen molar-refractivity contribution in [3.63, 3.8) is 0 Å². The van der Waals surface area contributed by atoms with Crippen molar-refractivity contribution in [3.05, 3.63) is 63.2 Å². The predicted octanol–water partition coefficient (Wildman–Crippen LogP) is 4.29. The Bertz CT molecular complexity index is 722. The Labute approximate surface area is 136 Å². The number of carbonyl (C=O) groups is 1. The van der Waals surface area contributed by atoms with Gasteiger partial charge in [-0.3, -0.25) is 14.9 Å². The Kier molecular flexibility index (Phi) is 5.41. The van der Waals surface area contributed by atoms with Crippen LogP contribution in [0.5, 0.6) is 0 Å². The minimum absolute atomic E-state index is 0.000872. The summed E-state index contributed by atoms with van der Waals surface area (Å²) in [4.78, 5) is 23.0. The lowest BCUT2D eigenvalue weighted by Crippen LogP contribution is -2.14. The van der Waals surface area contributed by atoms with Gasteiger partial charge in [-0.15, -0.1) is 11.8 Å². The van der Waals surface area contributed by atoms with Crippen LogP contribution in [0.2, 0.25) is 5.02 Å². The number of hydrogen-bond acceptors (Lipinski definition) is 4. The molecule has 0 aliphatic carbocycles. The van der Waals surface area contributed by atoms with Crippen LogP contribution in [0.1, 0.15) is 5.56 Å². The number of thioether (sulfide) groups is 1. The summed E-state index contributed by atoms with van der Waals surface area (Å²) in [5.41, 5.74) is 1.21. The molecule has 7 heteroatoms. The van der Waals surface area contributed by atoms with Gasteiger partial charge in [-0.1, -0.05) is 23.7 Å². The number of nitrogens with zero attached hydrogens (tertiary/aromatic N) is 1. The molecular weight excluding hydrogens is 324 g/mol. The molecule has 0 unspecified atom stereocenters. The maximum atomic E-state index is 12.0. The van der Waals surface area contributed by atoms with Gasteiger partial charge in [0.05, 0.1) is 15.7 Å². The minimum atomic E-state index is -0.466. The van der Waals surface area contributed by atoms with Crippen molar-refractivity contribution in [2.24, 2.45) is 0 Å². The number of aryl methyl sites for hydroxylation is 1. The predicted molar refractivity (Wildman–Crippen MR) is 88.6 cm³/mol. The number of nitrogens with one attached hydrogen (secondary N) is 1. The average molecular weight is 337 g/mol. The lowest BCUT2D eigenvalue weighted by Gasteiger charge is -2.08. The highest BCUT2D eigenvalue weighted by Gasteiger charge is 2.11. The molecule has 114 valence electrons. The van der Waals surface area contributed by atoms with Crippen molar-refractivity contribution in [2.45, 2.75) is 11.8 Å². The van der Waals surface area contributed by atoms with Gasteiger partial charge in [-0.2, -0.15) is 0 Å². The van der Waals surface area contributed by atoms with Crippen LogP contribution in [-0.4, -0.2) is 16.6 Å². The van der Waals surface area contributed by atoms with Crippen LogP contribution in [0.25, 0.3) is 0 Å². The summed E-state index contributed by atoms with van der Waals surface area (Å²) in [7, 11) is 0. The molecule has 0 aromatic heterocycles. The maximum absolute atomic E-state index is 12.0. The van der Waals surface area contributed by atoms with Crippen LogP contribution in [-0.2, 0) is 4.79 Å². The van der Waals surface area contributed by atoms with Crippen molar-refractivity contribution < 1.29 is 9.72 Å². The third-order valence-electron chi connectivity index (χ3n) is 2.89. The number of rotatable bonds is 5. The van der Waals surface area contributed by atoms with Gasteiger partial charge in [0.25, 0.3) is 5.69 Å². The highest BCUT2D eigenvalue weighted by atomic mass is 35.5. The Morgan fingerprint density at radius 1 is 1.32 bits per heavy atom. The van der Waals surface area contributed by atoms with Crippen LogP contribution in [0.4, 0.5) is 11.4 Å². The van der Waals surface area contributed by atoms with Crippen molar-refractivity contribution in [1.82, 2.24) is 0 Å². The van der Waals surface area contributed by atoms with E-state index < -0.39 is 4.92 Å². The molecule has 0 saturated heterocycles. The second kappa shape index (κ2) is 7.29. The zero-order valence-electron chi connectivity index (χ0n) is 11.7. The molecule has 0 fully saturated rings. The van der Waals surface area contributed by atoms with Crippen molar-refractivity contribution >= 4 is 40.6 Å². The van der Waals surface area contributed by atoms with Crippen molar-refractivity contribution in [1.29, 1.82) is 0 Å². The number of anilines is 1. The monoisotopic (exact) mass is 336 g/mol. The van der Waals surface area contributed by atoms with E-state index in [0.717, 1.165) is 4.90 Å². The summed E-state index contributed by atoms with van der Waals surface area (Å²) in [6.07, 6.45) is 0. The Morgan fingerprint density at radius 2 is 2.05 bits per heavy atom. The molecule has 2 rings (SSSR count). The zero-order valence-corrected chi connectivity index (χ0v) is 13.3. The molecule has 0 heterocycles. The number of nitro benzene ring substituents is 1. The smallest absolute Gasteiger partial charge is 0.269 e. The summed E-state index contributed by atoms with van der Waals surface area (Å²) in [6, 6.07) is 11.6. The van der Waals surface area contributed by atoms with E-state index in [9.17, 15) is 14.9 Å². The molecular formula is C15H13ClN2O3S. The molecule has 0 spiro atoms. The average Bonchev–Trinajstić information content (AvgIpc) is 2.48. The molecule has 2 aromatic carbocycles. The van der Waals surface area contributed by atoms with E-state index in [1.54, 1.807) is 13.0 Å². The van der Waals surface area contributed by atoms with Crippen LogP contribution >= 0.6 is 23.4 Å². The van der Waals surface area contributed by atoms with E-state index in [2.05, 4.69) is 5.32 Å².